The van der Waals surface area contributed by atoms with Crippen LogP contribution in [0.4, 0.5) is 17.1 Å². The Kier molecular flexibility index (Phi) is 9.70. The van der Waals surface area contributed by atoms with Gasteiger partial charge in [-0.15, -0.1) is 0 Å². The number of nitrogens with one attached hydrogen (secondary N) is 2. The zero-order valence-corrected chi connectivity index (χ0v) is 26.0. The summed E-state index contributed by atoms with van der Waals surface area (Å²) in [6, 6.07) is 16.4. The predicted molar refractivity (Wildman–Crippen MR) is 161 cm³/mol. The van der Waals surface area contributed by atoms with E-state index in [9.17, 15) is 37.5 Å². The normalized spacial score (nSPS) is 15.9. The molecule has 0 atom stereocenters. The molecule has 16 heteroatoms. The molecule has 5 rings (SSSR count). The summed E-state index contributed by atoms with van der Waals surface area (Å²) in [6.07, 6.45) is 4.40. The minimum Gasteiger partial charge on any atom is -0.478 e. The number of fused-ring (bicyclic) bond motifs is 1. The minimum absolute atomic E-state index is 0. The van der Waals surface area contributed by atoms with Crippen LogP contribution in [0, 0.1) is 10.1 Å². The van der Waals surface area contributed by atoms with Crippen molar-refractivity contribution in [3.63, 3.8) is 0 Å². The number of carbonyl (C=O) groups is 3. The van der Waals surface area contributed by atoms with Crippen molar-refractivity contribution in [2.75, 3.05) is 10.9 Å². The summed E-state index contributed by atoms with van der Waals surface area (Å²) < 4.78 is 33.5. The Bertz CT molecular complexity index is 2030. The molecule has 220 valence electrons. The van der Waals surface area contributed by atoms with Gasteiger partial charge in [0.15, 0.2) is 5.78 Å². The van der Waals surface area contributed by atoms with Crippen LogP contribution in [0.1, 0.15) is 15.9 Å². The molecule has 0 spiro atoms. The molecule has 2 aliphatic carbocycles. The third kappa shape index (κ3) is 7.19. The third-order valence-corrected chi connectivity index (χ3v) is 7.31. The number of nitro groups is 1. The quantitative estimate of drug-likeness (QED) is 0.0685. The third-order valence-electron chi connectivity index (χ3n) is 6.42. The number of nitro benzene ring substituents is 1. The Hall–Kier alpha value is -5.06. The zero-order chi connectivity index (χ0) is 31.6. The van der Waals surface area contributed by atoms with Crippen molar-refractivity contribution in [2.45, 2.75) is 0 Å². The maximum absolute atomic E-state index is 12.9. The van der Waals surface area contributed by atoms with Crippen LogP contribution in [0.25, 0.3) is 16.0 Å². The van der Waals surface area contributed by atoms with E-state index in [2.05, 4.69) is 21.1 Å². The van der Waals surface area contributed by atoms with Gasteiger partial charge in [0, 0.05) is 17.2 Å². The molecule has 0 saturated heterocycles. The molecule has 0 aromatic heterocycles. The first-order valence-corrected chi connectivity index (χ1v) is 13.9. The Balaban J connectivity index is 0.00000461. The standard InChI is InChI=1S/C29H19N5O9S.Na/c35-26-12-10-18(13-23(26)29(37)38)31-32-19-9-11-20(25(14-19)34(39)40)16-5-7-17(8-6-16)30-33-24-15-27(44(41,42)43)21-3-1-2-4-22(21)28(24)36;/h1-15,30,32H,(H,37,38)(H,41,42,43);/q;+1/b31-18+,33-24+;. The smallest absolute Gasteiger partial charge is 0.478 e. The average Bonchev–Trinajstić information content (AvgIpc) is 3.00. The summed E-state index contributed by atoms with van der Waals surface area (Å²) in [5, 5.41) is 29.0. The first kappa shape index (κ1) is 32.8. The SMILES string of the molecule is O=C(O)C1=C/C(=N/Nc2ccc(-c3ccc(N/N=C4\C=C(S(=O)(=O)O)c5ccccc5C4=O)cc3)c([N+](=O)[O-])c2)C=CC1=O.[Na+]. The van der Waals surface area contributed by atoms with E-state index in [0.717, 1.165) is 18.2 Å². The summed E-state index contributed by atoms with van der Waals surface area (Å²) in [5.74, 6) is -2.64. The average molecular weight is 637 g/mol. The molecule has 0 heterocycles. The van der Waals surface area contributed by atoms with Gasteiger partial charge in [0.25, 0.3) is 15.8 Å². The fourth-order valence-electron chi connectivity index (χ4n) is 4.33. The van der Waals surface area contributed by atoms with Gasteiger partial charge in [-0.1, -0.05) is 36.4 Å². The summed E-state index contributed by atoms with van der Waals surface area (Å²) >= 11 is 0. The van der Waals surface area contributed by atoms with Crippen molar-refractivity contribution in [1.82, 2.24) is 0 Å². The second-order valence-electron chi connectivity index (χ2n) is 9.24. The largest absolute Gasteiger partial charge is 1.00 e. The predicted octanol–water partition coefficient (Wildman–Crippen LogP) is 1.08. The van der Waals surface area contributed by atoms with E-state index in [4.69, 9.17) is 5.11 Å². The van der Waals surface area contributed by atoms with E-state index in [-0.39, 0.29) is 69.0 Å². The monoisotopic (exact) mass is 636 g/mol. The molecule has 0 fully saturated rings. The van der Waals surface area contributed by atoms with Gasteiger partial charge < -0.3 is 5.11 Å². The van der Waals surface area contributed by atoms with Crippen molar-refractivity contribution >= 4 is 61.0 Å². The topological polar surface area (TPSA) is 218 Å². The second kappa shape index (κ2) is 13.3. The van der Waals surface area contributed by atoms with Crippen LogP contribution in [-0.4, -0.2) is 52.0 Å². The van der Waals surface area contributed by atoms with E-state index >= 15 is 0 Å². The molecule has 0 radical (unpaired) electrons. The maximum Gasteiger partial charge on any atom is 1.00 e. The Labute approximate surface area is 276 Å². The van der Waals surface area contributed by atoms with E-state index < -0.39 is 43.1 Å². The number of rotatable bonds is 8. The van der Waals surface area contributed by atoms with Crippen molar-refractivity contribution < 1.29 is 66.9 Å². The number of nitrogens with zero attached hydrogens (tertiary/aromatic N) is 3. The number of hydrogen-bond acceptors (Lipinski definition) is 11. The number of Topliss-reactive ketones (excluding diaryl/α,β-unsaturated/α-hetero) is 1. The Morgan fingerprint density at radius 3 is 2.13 bits per heavy atom. The minimum atomic E-state index is -4.65. The molecule has 45 heavy (non-hydrogen) atoms. The number of anilines is 2. The zero-order valence-electron chi connectivity index (χ0n) is 23.2. The number of carboxylic acid groups (broad SMARTS) is 1. The van der Waals surface area contributed by atoms with Gasteiger partial charge in [0.1, 0.15) is 16.2 Å². The first-order valence-electron chi connectivity index (χ1n) is 12.5. The van der Waals surface area contributed by atoms with Crippen molar-refractivity contribution in [3.8, 4) is 11.1 Å². The number of carboxylic acids is 1. The number of allylic oxidation sites excluding steroid dienone is 4. The van der Waals surface area contributed by atoms with E-state index in [0.29, 0.717) is 11.3 Å². The molecule has 0 aliphatic heterocycles. The van der Waals surface area contributed by atoms with Crippen molar-refractivity contribution in [1.29, 1.82) is 0 Å². The van der Waals surface area contributed by atoms with Gasteiger partial charge in [-0.2, -0.15) is 18.6 Å². The molecule has 14 nitrogen and oxygen atoms in total. The van der Waals surface area contributed by atoms with Gasteiger partial charge in [-0.3, -0.25) is 35.1 Å². The molecular formula is C29H19N5NaO9S+. The molecule has 4 N–H and O–H groups in total. The fraction of sp³-hybridized carbons (Fsp3) is 0. The van der Waals surface area contributed by atoms with Crippen molar-refractivity contribution in [2.24, 2.45) is 10.2 Å². The number of carbonyl (C=O) groups excluding carboxylic acids is 2. The van der Waals surface area contributed by atoms with E-state index in [1.807, 2.05) is 0 Å². The van der Waals surface area contributed by atoms with Crippen molar-refractivity contribution in [3.05, 3.63) is 118 Å². The fourth-order valence-corrected chi connectivity index (χ4v) is 5.04. The summed E-state index contributed by atoms with van der Waals surface area (Å²) in [5.41, 5.74) is 5.87. The van der Waals surface area contributed by atoms with Crippen LogP contribution in [0.15, 0.2) is 107 Å². The van der Waals surface area contributed by atoms with Crippen LogP contribution >= 0.6 is 0 Å². The molecule has 3 aromatic rings. The van der Waals surface area contributed by atoms with Gasteiger partial charge in [-0.05, 0) is 54.1 Å². The molecule has 0 amide bonds. The molecule has 0 saturated carbocycles. The first-order chi connectivity index (χ1) is 20.9. The van der Waals surface area contributed by atoms with Gasteiger partial charge in [-0.25, -0.2) is 4.79 Å². The second-order valence-corrected chi connectivity index (χ2v) is 10.6. The maximum atomic E-state index is 12.9. The van der Waals surface area contributed by atoms with Crippen LogP contribution in [-0.2, 0) is 19.7 Å². The molecule has 3 aromatic carbocycles. The number of ketones is 2. The number of benzene rings is 3. The number of aliphatic carboxylic acids is 1. The van der Waals surface area contributed by atoms with Crippen LogP contribution in [0.5, 0.6) is 0 Å². The summed E-state index contributed by atoms with van der Waals surface area (Å²) in [7, 11) is -4.65. The van der Waals surface area contributed by atoms with E-state index in [1.54, 1.807) is 30.3 Å². The van der Waals surface area contributed by atoms with Gasteiger partial charge >= 0.3 is 35.5 Å². The van der Waals surface area contributed by atoms with Crippen LogP contribution in [0.3, 0.4) is 0 Å². The summed E-state index contributed by atoms with van der Waals surface area (Å²) in [6.45, 7) is 0. The number of hydrazone groups is 2. The molecule has 0 bridgehead atoms. The summed E-state index contributed by atoms with van der Waals surface area (Å²) in [4.78, 5) is 46.5. The van der Waals surface area contributed by atoms with Gasteiger partial charge in [0.2, 0.25) is 5.78 Å². The van der Waals surface area contributed by atoms with Crippen LogP contribution < -0.4 is 40.4 Å². The van der Waals surface area contributed by atoms with E-state index in [1.165, 1.54) is 42.5 Å². The molecule has 0 unspecified atom stereocenters. The molecular weight excluding hydrogens is 617 g/mol. The van der Waals surface area contributed by atoms with Crippen LogP contribution in [0.2, 0.25) is 0 Å². The Morgan fingerprint density at radius 1 is 0.844 bits per heavy atom. The van der Waals surface area contributed by atoms with Gasteiger partial charge in [0.05, 0.1) is 27.6 Å². The number of hydrogen-bond donors (Lipinski definition) is 4. The molecule has 2 aliphatic rings. The Morgan fingerprint density at radius 2 is 1.49 bits per heavy atom.